The van der Waals surface area contributed by atoms with Crippen molar-refractivity contribution in [1.29, 1.82) is 0 Å². The van der Waals surface area contributed by atoms with Gasteiger partial charge in [-0.25, -0.2) is 9.78 Å². The number of fused-ring (bicyclic) bond motifs is 3. The average Bonchev–Trinajstić information content (AvgIpc) is 3.02. The molecule has 3 aromatic rings. The quantitative estimate of drug-likeness (QED) is 0.624. The van der Waals surface area contributed by atoms with Gasteiger partial charge in [-0.2, -0.15) is 4.98 Å². The first kappa shape index (κ1) is 17.9. The predicted octanol–water partition coefficient (Wildman–Crippen LogP) is 2.68. The molecule has 4 heterocycles. The van der Waals surface area contributed by atoms with Gasteiger partial charge in [0.1, 0.15) is 11.9 Å². The van der Waals surface area contributed by atoms with Crippen LogP contribution >= 0.6 is 15.9 Å². The number of rotatable bonds is 3. The maximum Gasteiger partial charge on any atom is 0.410 e. The molecule has 0 aromatic carbocycles. The Labute approximate surface area is 163 Å². The number of hydrogen-bond acceptors (Lipinski definition) is 7. The highest BCUT2D eigenvalue weighted by Crippen LogP contribution is 2.25. The number of halogens is 1. The zero-order valence-corrected chi connectivity index (χ0v) is 16.8. The molecular weight excluding hydrogens is 416 g/mol. The Hall–Kier alpha value is -2.49. The van der Waals surface area contributed by atoms with Gasteiger partial charge in [0.05, 0.1) is 12.1 Å². The van der Waals surface area contributed by atoms with Crippen molar-refractivity contribution in [1.82, 2.24) is 29.5 Å². The molecule has 1 aliphatic rings. The third-order valence-corrected chi connectivity index (χ3v) is 4.52. The Kier molecular flexibility index (Phi) is 4.37. The smallest absolute Gasteiger partial charge is 0.410 e. The van der Waals surface area contributed by atoms with Gasteiger partial charge in [-0.3, -0.25) is 4.40 Å². The minimum atomic E-state index is -0.491. The summed E-state index contributed by atoms with van der Waals surface area (Å²) < 4.78 is 13.9. The molecule has 142 valence electrons. The number of amides is 1. The van der Waals surface area contributed by atoms with E-state index >= 15 is 0 Å². The normalized spacial score (nSPS) is 15.2. The summed E-state index contributed by atoms with van der Waals surface area (Å²) in [5.74, 6) is 0.599. The summed E-state index contributed by atoms with van der Waals surface area (Å²) in [6.45, 7) is 7.18. The van der Waals surface area contributed by atoms with Crippen LogP contribution in [0.5, 0.6) is 5.88 Å². The van der Waals surface area contributed by atoms with Gasteiger partial charge in [-0.1, -0.05) is 0 Å². The summed E-state index contributed by atoms with van der Waals surface area (Å²) in [7, 11) is 0. The van der Waals surface area contributed by atoms with E-state index in [0.29, 0.717) is 36.9 Å². The SMILES string of the molecule is CC(C)(C)OC(=O)N1CC(COc2nc3ncc(Br)cc3n3cnnc23)C1. The molecule has 0 N–H and O–H groups in total. The molecule has 0 atom stereocenters. The highest BCUT2D eigenvalue weighted by Gasteiger charge is 2.34. The van der Waals surface area contributed by atoms with Crippen LogP contribution in [-0.2, 0) is 4.74 Å². The number of carbonyl (C=O) groups is 1. The van der Waals surface area contributed by atoms with Crippen LogP contribution in [0.25, 0.3) is 16.8 Å². The first-order valence-corrected chi connectivity index (χ1v) is 9.35. The largest absolute Gasteiger partial charge is 0.474 e. The van der Waals surface area contributed by atoms with Crippen LogP contribution < -0.4 is 4.74 Å². The van der Waals surface area contributed by atoms with Crippen LogP contribution in [0.2, 0.25) is 0 Å². The second-order valence-electron chi connectivity index (χ2n) is 7.50. The molecule has 1 saturated heterocycles. The minimum absolute atomic E-state index is 0.218. The van der Waals surface area contributed by atoms with Crippen LogP contribution in [0.3, 0.4) is 0 Å². The van der Waals surface area contributed by atoms with Crippen molar-refractivity contribution in [2.45, 2.75) is 26.4 Å². The molecule has 0 bridgehead atoms. The third-order valence-electron chi connectivity index (χ3n) is 4.08. The fourth-order valence-corrected chi connectivity index (χ4v) is 3.15. The summed E-state index contributed by atoms with van der Waals surface area (Å²) in [6.07, 6.45) is 2.99. The van der Waals surface area contributed by atoms with E-state index in [-0.39, 0.29) is 12.0 Å². The molecule has 4 rings (SSSR count). The molecule has 0 aliphatic carbocycles. The molecule has 1 amide bonds. The number of carbonyl (C=O) groups excluding carboxylic acids is 1. The molecule has 1 fully saturated rings. The number of pyridine rings is 1. The molecule has 10 heteroatoms. The zero-order chi connectivity index (χ0) is 19.2. The maximum atomic E-state index is 12.0. The van der Waals surface area contributed by atoms with Crippen molar-refractivity contribution in [2.75, 3.05) is 19.7 Å². The van der Waals surface area contributed by atoms with E-state index in [0.717, 1.165) is 9.99 Å². The zero-order valence-electron chi connectivity index (χ0n) is 15.2. The first-order valence-electron chi connectivity index (χ1n) is 8.56. The average molecular weight is 435 g/mol. The van der Waals surface area contributed by atoms with Crippen molar-refractivity contribution in [3.63, 3.8) is 0 Å². The third kappa shape index (κ3) is 3.66. The van der Waals surface area contributed by atoms with Gasteiger partial charge < -0.3 is 14.4 Å². The maximum absolute atomic E-state index is 12.0. The van der Waals surface area contributed by atoms with E-state index in [1.807, 2.05) is 26.8 Å². The first-order chi connectivity index (χ1) is 12.8. The number of aromatic nitrogens is 5. The van der Waals surface area contributed by atoms with Gasteiger partial charge in [0, 0.05) is 29.7 Å². The molecule has 9 nitrogen and oxygen atoms in total. The van der Waals surface area contributed by atoms with Crippen molar-refractivity contribution in [3.05, 3.63) is 23.1 Å². The molecule has 0 radical (unpaired) electrons. The Morgan fingerprint density at radius 2 is 2.15 bits per heavy atom. The van der Waals surface area contributed by atoms with Gasteiger partial charge in [0.25, 0.3) is 5.88 Å². The Morgan fingerprint density at radius 1 is 1.37 bits per heavy atom. The fourth-order valence-electron chi connectivity index (χ4n) is 2.83. The molecule has 0 saturated carbocycles. The van der Waals surface area contributed by atoms with Crippen LogP contribution in [0, 0.1) is 5.92 Å². The summed E-state index contributed by atoms with van der Waals surface area (Å²) in [6, 6.07) is 1.90. The van der Waals surface area contributed by atoms with E-state index in [4.69, 9.17) is 9.47 Å². The lowest BCUT2D eigenvalue weighted by Crippen LogP contribution is -2.53. The van der Waals surface area contributed by atoms with Crippen molar-refractivity contribution >= 4 is 38.8 Å². The van der Waals surface area contributed by atoms with E-state index in [1.165, 1.54) is 0 Å². The summed E-state index contributed by atoms with van der Waals surface area (Å²) >= 11 is 3.41. The molecule has 0 unspecified atom stereocenters. The van der Waals surface area contributed by atoms with E-state index in [9.17, 15) is 4.79 Å². The van der Waals surface area contributed by atoms with Crippen molar-refractivity contribution in [3.8, 4) is 5.88 Å². The Balaban J connectivity index is 1.44. The summed E-state index contributed by atoms with van der Waals surface area (Å²) in [4.78, 5) is 22.4. The number of likely N-dealkylation sites (tertiary alicyclic amines) is 1. The lowest BCUT2D eigenvalue weighted by atomic mass is 10.0. The van der Waals surface area contributed by atoms with Gasteiger partial charge in [0.15, 0.2) is 5.65 Å². The lowest BCUT2D eigenvalue weighted by molar-refractivity contribution is -0.00799. The predicted molar refractivity (Wildman–Crippen MR) is 101 cm³/mol. The molecule has 1 aliphatic heterocycles. The Bertz CT molecular complexity index is 1010. The fraction of sp³-hybridized carbons (Fsp3) is 0.471. The highest BCUT2D eigenvalue weighted by molar-refractivity contribution is 9.10. The molecule has 3 aromatic heterocycles. The van der Waals surface area contributed by atoms with Crippen LogP contribution in [0.4, 0.5) is 4.79 Å². The second kappa shape index (κ2) is 6.59. The summed E-state index contributed by atoms with van der Waals surface area (Å²) in [5.41, 5.74) is 1.38. The van der Waals surface area contributed by atoms with Crippen LogP contribution in [-0.4, -0.2) is 60.9 Å². The standard InChI is InChI=1S/C17H19BrN6O3/c1-17(2,3)27-16(25)23-6-10(7-23)8-26-15-14-22-20-9-24(14)12-4-11(18)5-19-13(12)21-15/h4-5,9-10H,6-8H2,1-3H3. The highest BCUT2D eigenvalue weighted by atomic mass is 79.9. The lowest BCUT2D eigenvalue weighted by Gasteiger charge is -2.39. The van der Waals surface area contributed by atoms with E-state index in [1.54, 1.807) is 21.8 Å². The molecule has 27 heavy (non-hydrogen) atoms. The van der Waals surface area contributed by atoms with Crippen LogP contribution in [0.15, 0.2) is 23.1 Å². The second-order valence-corrected chi connectivity index (χ2v) is 8.42. The van der Waals surface area contributed by atoms with E-state index in [2.05, 4.69) is 36.1 Å². The minimum Gasteiger partial charge on any atom is -0.474 e. The topological polar surface area (TPSA) is 94.7 Å². The summed E-state index contributed by atoms with van der Waals surface area (Å²) in [5, 5.41) is 8.05. The number of nitrogens with zero attached hydrogens (tertiary/aromatic N) is 6. The van der Waals surface area contributed by atoms with E-state index < -0.39 is 5.60 Å². The van der Waals surface area contributed by atoms with Crippen LogP contribution in [0.1, 0.15) is 20.8 Å². The number of hydrogen-bond donors (Lipinski definition) is 0. The van der Waals surface area contributed by atoms with Gasteiger partial charge in [-0.15, -0.1) is 10.2 Å². The van der Waals surface area contributed by atoms with Crippen molar-refractivity contribution in [2.24, 2.45) is 5.92 Å². The monoisotopic (exact) mass is 434 g/mol. The van der Waals surface area contributed by atoms with Crippen molar-refractivity contribution < 1.29 is 14.3 Å². The van der Waals surface area contributed by atoms with Gasteiger partial charge >= 0.3 is 6.09 Å². The molecular formula is C17H19BrN6O3. The Morgan fingerprint density at radius 3 is 2.89 bits per heavy atom. The number of ether oxygens (including phenoxy) is 2. The van der Waals surface area contributed by atoms with Gasteiger partial charge in [-0.05, 0) is 42.8 Å². The molecule has 0 spiro atoms. The van der Waals surface area contributed by atoms with Gasteiger partial charge in [0.2, 0.25) is 5.65 Å².